The Morgan fingerprint density at radius 3 is 2.94 bits per heavy atom. The zero-order chi connectivity index (χ0) is 11.4. The minimum Gasteiger partial charge on any atom is -0.396 e. The fraction of sp³-hybridized carbons (Fsp3) is 0.583. The van der Waals surface area contributed by atoms with Gasteiger partial charge < -0.3 is 10.4 Å². The molecule has 0 bridgehead atoms. The molecule has 1 saturated carbocycles. The molecular formula is C12H17NO2S. The molecular weight excluding hydrogens is 222 g/mol. The van der Waals surface area contributed by atoms with Crippen molar-refractivity contribution in [3.05, 3.63) is 22.4 Å². The molecule has 2 N–H and O–H groups in total. The zero-order valence-corrected chi connectivity index (χ0v) is 10.1. The Hall–Kier alpha value is -0.870. The molecule has 3 nitrogen and oxygen atoms in total. The van der Waals surface area contributed by atoms with Crippen LogP contribution in [0.15, 0.2) is 17.5 Å². The predicted octanol–water partition coefficient (Wildman–Crippen LogP) is 1.57. The third-order valence-electron chi connectivity index (χ3n) is 3.17. The van der Waals surface area contributed by atoms with Gasteiger partial charge in [0.05, 0.1) is 6.42 Å². The minimum absolute atomic E-state index is 0.0895. The van der Waals surface area contributed by atoms with Crippen LogP contribution in [-0.4, -0.2) is 24.2 Å². The SMILES string of the molecule is O=C(Cc1cccs1)NCC1(CCO)CC1. The molecule has 1 aliphatic rings. The second kappa shape index (κ2) is 4.97. The van der Waals surface area contributed by atoms with E-state index in [4.69, 9.17) is 5.11 Å². The molecule has 0 atom stereocenters. The number of hydrogen-bond acceptors (Lipinski definition) is 3. The number of hydrogen-bond donors (Lipinski definition) is 2. The van der Waals surface area contributed by atoms with Gasteiger partial charge in [-0.3, -0.25) is 4.79 Å². The van der Waals surface area contributed by atoms with Gasteiger partial charge in [0.15, 0.2) is 0 Å². The Balaban J connectivity index is 1.72. The number of rotatable bonds is 6. The second-order valence-electron chi connectivity index (χ2n) is 4.51. The highest BCUT2D eigenvalue weighted by atomic mass is 32.1. The van der Waals surface area contributed by atoms with E-state index in [0.717, 1.165) is 30.7 Å². The molecule has 2 rings (SSSR count). The first-order chi connectivity index (χ1) is 7.74. The summed E-state index contributed by atoms with van der Waals surface area (Å²) in [5.74, 6) is 0.0895. The lowest BCUT2D eigenvalue weighted by Gasteiger charge is -2.14. The predicted molar refractivity (Wildman–Crippen MR) is 64.4 cm³/mol. The molecule has 0 aliphatic heterocycles. The van der Waals surface area contributed by atoms with Crippen molar-refractivity contribution in [3.63, 3.8) is 0 Å². The molecule has 0 saturated heterocycles. The normalized spacial score (nSPS) is 17.1. The molecule has 0 spiro atoms. The summed E-state index contributed by atoms with van der Waals surface area (Å²) in [5, 5.41) is 13.9. The van der Waals surface area contributed by atoms with Crippen LogP contribution in [-0.2, 0) is 11.2 Å². The maximum atomic E-state index is 11.6. The summed E-state index contributed by atoms with van der Waals surface area (Å²) in [7, 11) is 0. The zero-order valence-electron chi connectivity index (χ0n) is 9.24. The summed E-state index contributed by atoms with van der Waals surface area (Å²) >= 11 is 1.61. The Kier molecular flexibility index (Phi) is 3.61. The van der Waals surface area contributed by atoms with Crippen molar-refractivity contribution in [2.24, 2.45) is 5.41 Å². The first kappa shape index (κ1) is 11.6. The minimum atomic E-state index is 0.0895. The summed E-state index contributed by atoms with van der Waals surface area (Å²) in [6.07, 6.45) is 3.55. The van der Waals surface area contributed by atoms with E-state index in [1.54, 1.807) is 11.3 Å². The molecule has 1 aromatic heterocycles. The van der Waals surface area contributed by atoms with Gasteiger partial charge >= 0.3 is 0 Å². The monoisotopic (exact) mass is 239 g/mol. The van der Waals surface area contributed by atoms with Crippen molar-refractivity contribution in [1.82, 2.24) is 5.32 Å². The molecule has 1 aliphatic carbocycles. The van der Waals surface area contributed by atoms with Gasteiger partial charge in [-0.2, -0.15) is 0 Å². The summed E-state index contributed by atoms with van der Waals surface area (Å²) in [6.45, 7) is 0.943. The Bertz CT molecular complexity index is 344. The topological polar surface area (TPSA) is 49.3 Å². The highest BCUT2D eigenvalue weighted by molar-refractivity contribution is 7.10. The van der Waals surface area contributed by atoms with Crippen LogP contribution < -0.4 is 5.32 Å². The van der Waals surface area contributed by atoms with E-state index in [-0.39, 0.29) is 17.9 Å². The third-order valence-corrected chi connectivity index (χ3v) is 4.05. The van der Waals surface area contributed by atoms with Crippen LogP contribution in [0.2, 0.25) is 0 Å². The number of carbonyl (C=O) groups excluding carboxylic acids is 1. The lowest BCUT2D eigenvalue weighted by molar-refractivity contribution is -0.120. The molecule has 1 aromatic rings. The smallest absolute Gasteiger partial charge is 0.225 e. The Labute approximate surface area is 99.5 Å². The summed E-state index contributed by atoms with van der Waals surface area (Å²) in [5.41, 5.74) is 0.208. The molecule has 4 heteroatoms. The molecule has 0 radical (unpaired) electrons. The second-order valence-corrected chi connectivity index (χ2v) is 5.54. The number of aliphatic hydroxyl groups excluding tert-OH is 1. The van der Waals surface area contributed by atoms with E-state index in [2.05, 4.69) is 5.32 Å². The van der Waals surface area contributed by atoms with Crippen molar-refractivity contribution in [2.75, 3.05) is 13.2 Å². The number of thiophene rings is 1. The summed E-state index contributed by atoms with van der Waals surface area (Å²) in [6, 6.07) is 3.94. The number of nitrogens with one attached hydrogen (secondary N) is 1. The highest BCUT2D eigenvalue weighted by Crippen LogP contribution is 2.47. The van der Waals surface area contributed by atoms with E-state index < -0.39 is 0 Å². The first-order valence-electron chi connectivity index (χ1n) is 5.64. The Morgan fingerprint density at radius 1 is 1.56 bits per heavy atom. The van der Waals surface area contributed by atoms with Crippen molar-refractivity contribution in [2.45, 2.75) is 25.7 Å². The Morgan fingerprint density at radius 2 is 2.38 bits per heavy atom. The largest absolute Gasteiger partial charge is 0.396 e. The van der Waals surface area contributed by atoms with E-state index in [1.165, 1.54) is 0 Å². The molecule has 1 fully saturated rings. The number of carbonyl (C=O) groups is 1. The summed E-state index contributed by atoms with van der Waals surface area (Å²) < 4.78 is 0. The lowest BCUT2D eigenvalue weighted by atomic mass is 10.0. The van der Waals surface area contributed by atoms with Gasteiger partial charge in [-0.15, -0.1) is 11.3 Å². The molecule has 1 amide bonds. The van der Waals surface area contributed by atoms with Gasteiger partial charge in [-0.25, -0.2) is 0 Å². The number of aliphatic hydroxyl groups is 1. The highest BCUT2D eigenvalue weighted by Gasteiger charge is 2.41. The van der Waals surface area contributed by atoms with E-state index in [0.29, 0.717) is 6.42 Å². The maximum Gasteiger partial charge on any atom is 0.225 e. The van der Waals surface area contributed by atoms with E-state index >= 15 is 0 Å². The lowest BCUT2D eigenvalue weighted by Crippen LogP contribution is -2.31. The average molecular weight is 239 g/mol. The van der Waals surface area contributed by atoms with E-state index in [9.17, 15) is 4.79 Å². The quantitative estimate of drug-likeness (QED) is 0.791. The van der Waals surface area contributed by atoms with Crippen LogP contribution in [0.5, 0.6) is 0 Å². The van der Waals surface area contributed by atoms with Crippen molar-refractivity contribution in [1.29, 1.82) is 0 Å². The average Bonchev–Trinajstić information content (AvgIpc) is 2.83. The molecule has 1 heterocycles. The van der Waals surface area contributed by atoms with Crippen LogP contribution in [0.1, 0.15) is 24.1 Å². The van der Waals surface area contributed by atoms with Gasteiger partial charge in [-0.1, -0.05) is 6.07 Å². The van der Waals surface area contributed by atoms with Crippen LogP contribution in [0.25, 0.3) is 0 Å². The third kappa shape index (κ3) is 3.06. The fourth-order valence-electron chi connectivity index (χ4n) is 1.85. The van der Waals surface area contributed by atoms with Gasteiger partial charge in [0.2, 0.25) is 5.91 Å². The van der Waals surface area contributed by atoms with Gasteiger partial charge in [0, 0.05) is 18.0 Å². The standard InChI is InChI=1S/C12H17NO2S/c14-6-5-12(3-4-12)9-13-11(15)8-10-2-1-7-16-10/h1-2,7,14H,3-6,8-9H2,(H,13,15). The van der Waals surface area contributed by atoms with Crippen LogP contribution in [0, 0.1) is 5.41 Å². The van der Waals surface area contributed by atoms with E-state index in [1.807, 2.05) is 17.5 Å². The van der Waals surface area contributed by atoms with Crippen molar-refractivity contribution >= 4 is 17.2 Å². The fourth-order valence-corrected chi connectivity index (χ4v) is 2.55. The first-order valence-corrected chi connectivity index (χ1v) is 6.52. The van der Waals surface area contributed by atoms with Crippen LogP contribution >= 0.6 is 11.3 Å². The molecule has 0 aromatic carbocycles. The number of amides is 1. The van der Waals surface area contributed by atoms with Gasteiger partial charge in [-0.05, 0) is 36.1 Å². The molecule has 16 heavy (non-hydrogen) atoms. The maximum absolute atomic E-state index is 11.6. The molecule has 88 valence electrons. The van der Waals surface area contributed by atoms with Gasteiger partial charge in [0.1, 0.15) is 0 Å². The van der Waals surface area contributed by atoms with Crippen molar-refractivity contribution < 1.29 is 9.90 Å². The van der Waals surface area contributed by atoms with Crippen LogP contribution in [0.4, 0.5) is 0 Å². The van der Waals surface area contributed by atoms with Crippen molar-refractivity contribution in [3.8, 4) is 0 Å². The molecule has 0 unspecified atom stereocenters. The summed E-state index contributed by atoms with van der Waals surface area (Å²) in [4.78, 5) is 12.7. The van der Waals surface area contributed by atoms with Gasteiger partial charge in [0.25, 0.3) is 0 Å². The van der Waals surface area contributed by atoms with Crippen LogP contribution in [0.3, 0.4) is 0 Å².